The lowest BCUT2D eigenvalue weighted by Gasteiger charge is -2.27. The van der Waals surface area contributed by atoms with Crippen molar-refractivity contribution in [2.24, 2.45) is 4.99 Å². The van der Waals surface area contributed by atoms with Gasteiger partial charge in [0.05, 0.1) is 12.0 Å². The number of rotatable bonds is 4. The molecule has 3 heterocycles. The maximum atomic E-state index is 13.9. The molecule has 0 spiro atoms. The first kappa shape index (κ1) is 24.5. The lowest BCUT2D eigenvalue weighted by Crippen LogP contribution is -2.35. The minimum atomic E-state index is -1.19. The molecule has 1 amide bonds. The van der Waals surface area contributed by atoms with Gasteiger partial charge in [-0.25, -0.2) is 18.6 Å². The molecule has 5 rings (SSSR count). The van der Waals surface area contributed by atoms with Crippen molar-refractivity contribution in [3.8, 4) is 0 Å². The topological polar surface area (TPSA) is 95.0 Å². The molecule has 4 aromatic rings. The molecule has 0 aliphatic heterocycles. The molecule has 0 N–H and O–H groups in total. The maximum absolute atomic E-state index is 13.9. The molecule has 8 nitrogen and oxygen atoms in total. The molecule has 1 fully saturated rings. The highest BCUT2D eigenvalue weighted by Crippen LogP contribution is 2.29. The van der Waals surface area contributed by atoms with Crippen molar-refractivity contribution in [2.45, 2.75) is 45.1 Å². The Kier molecular flexibility index (Phi) is 6.64. The summed E-state index contributed by atoms with van der Waals surface area (Å²) in [7, 11) is 0. The van der Waals surface area contributed by atoms with Crippen LogP contribution in [0.1, 0.15) is 65.8 Å². The molecule has 1 saturated carbocycles. The number of benzene rings is 1. The van der Waals surface area contributed by atoms with Gasteiger partial charge in [-0.3, -0.25) is 14.0 Å². The largest absolute Gasteiger partial charge is 0.462 e. The molecule has 10 heteroatoms. The van der Waals surface area contributed by atoms with Gasteiger partial charge in [0.1, 0.15) is 16.9 Å². The first-order chi connectivity index (χ1) is 17.9. The van der Waals surface area contributed by atoms with Gasteiger partial charge in [-0.05, 0) is 56.2 Å². The van der Waals surface area contributed by atoms with Crippen LogP contribution in [-0.4, -0.2) is 32.4 Å². The molecule has 37 heavy (non-hydrogen) atoms. The van der Waals surface area contributed by atoms with Crippen molar-refractivity contribution in [3.63, 3.8) is 0 Å². The van der Waals surface area contributed by atoms with E-state index in [1.165, 1.54) is 10.5 Å². The number of carbonyl (C=O) groups excluding carboxylic acids is 2. The van der Waals surface area contributed by atoms with E-state index in [0.717, 1.165) is 50.3 Å². The van der Waals surface area contributed by atoms with Crippen molar-refractivity contribution in [2.75, 3.05) is 6.61 Å². The minimum absolute atomic E-state index is 0.0280. The van der Waals surface area contributed by atoms with Crippen LogP contribution >= 0.6 is 0 Å². The Morgan fingerprint density at radius 3 is 2.59 bits per heavy atom. The molecular weight excluding hydrogens is 482 g/mol. The highest BCUT2D eigenvalue weighted by Gasteiger charge is 2.25. The van der Waals surface area contributed by atoms with E-state index in [9.17, 15) is 23.2 Å². The SMILES string of the molecule is CCOC(=O)c1cc2c(=O)n3ccccc3nc2n(C2CCCCC2)c1=NC(=O)c1ccc(F)c(F)c1. The fourth-order valence-corrected chi connectivity index (χ4v) is 4.79. The van der Waals surface area contributed by atoms with Crippen LogP contribution < -0.4 is 11.0 Å². The Morgan fingerprint density at radius 2 is 1.86 bits per heavy atom. The summed E-state index contributed by atoms with van der Waals surface area (Å²) < 4.78 is 35.6. The van der Waals surface area contributed by atoms with Crippen LogP contribution in [0.2, 0.25) is 0 Å². The molecule has 3 aromatic heterocycles. The molecule has 1 aliphatic carbocycles. The van der Waals surface area contributed by atoms with E-state index in [1.807, 2.05) is 0 Å². The van der Waals surface area contributed by atoms with Crippen LogP contribution in [0.3, 0.4) is 0 Å². The molecule has 190 valence electrons. The van der Waals surface area contributed by atoms with E-state index in [-0.39, 0.29) is 45.9 Å². The molecule has 0 atom stereocenters. The normalized spacial score (nSPS) is 14.8. The lowest BCUT2D eigenvalue weighted by atomic mass is 9.94. The van der Waals surface area contributed by atoms with Gasteiger partial charge >= 0.3 is 5.97 Å². The van der Waals surface area contributed by atoms with E-state index < -0.39 is 23.5 Å². The second-order valence-electron chi connectivity index (χ2n) is 8.89. The van der Waals surface area contributed by atoms with E-state index in [1.54, 1.807) is 35.9 Å². The van der Waals surface area contributed by atoms with Crippen molar-refractivity contribution in [1.82, 2.24) is 14.0 Å². The van der Waals surface area contributed by atoms with E-state index in [0.29, 0.717) is 5.65 Å². The van der Waals surface area contributed by atoms with Crippen molar-refractivity contribution >= 4 is 28.6 Å². The number of carbonyl (C=O) groups is 2. The molecule has 0 saturated heterocycles. The van der Waals surface area contributed by atoms with Gasteiger partial charge in [-0.1, -0.05) is 25.3 Å². The zero-order valence-corrected chi connectivity index (χ0v) is 20.1. The minimum Gasteiger partial charge on any atom is -0.462 e. The van der Waals surface area contributed by atoms with Crippen molar-refractivity contribution in [3.05, 3.63) is 87.3 Å². The summed E-state index contributed by atoms with van der Waals surface area (Å²) in [5, 5.41) is 0.177. The summed E-state index contributed by atoms with van der Waals surface area (Å²) in [6, 6.07) is 9.02. The Hall–Kier alpha value is -4.21. The van der Waals surface area contributed by atoms with Crippen molar-refractivity contribution in [1.29, 1.82) is 0 Å². The predicted molar refractivity (Wildman–Crippen MR) is 131 cm³/mol. The van der Waals surface area contributed by atoms with Crippen molar-refractivity contribution < 1.29 is 23.1 Å². The standard InChI is InChI=1S/C27H24F2N4O4/c1-2-37-27(36)19-15-18-23(30-22-10-6-7-13-32(22)26(18)35)33(17-8-4-3-5-9-17)24(19)31-25(34)16-11-12-20(28)21(29)14-16/h6-7,10-15,17H,2-5,8-9H2,1H3. The zero-order valence-electron chi connectivity index (χ0n) is 20.1. The Balaban J connectivity index is 1.89. The Morgan fingerprint density at radius 1 is 1.08 bits per heavy atom. The zero-order chi connectivity index (χ0) is 26.1. The summed E-state index contributed by atoms with van der Waals surface area (Å²) in [4.78, 5) is 48.6. The second kappa shape index (κ2) is 10.0. The van der Waals surface area contributed by atoms with Crippen LogP contribution in [0.15, 0.2) is 58.4 Å². The average Bonchev–Trinajstić information content (AvgIpc) is 2.90. The smallest absolute Gasteiger partial charge is 0.341 e. The number of aromatic nitrogens is 3. The van der Waals surface area contributed by atoms with Gasteiger partial charge in [-0.15, -0.1) is 0 Å². The quantitative estimate of drug-likeness (QED) is 0.303. The predicted octanol–water partition coefficient (Wildman–Crippen LogP) is 4.35. The first-order valence-corrected chi connectivity index (χ1v) is 12.2. The number of ether oxygens (including phenoxy) is 1. The summed E-state index contributed by atoms with van der Waals surface area (Å²) in [6.07, 6.45) is 5.89. The Labute approximate surface area is 209 Å². The van der Waals surface area contributed by atoms with Gasteiger partial charge in [-0.2, -0.15) is 4.99 Å². The van der Waals surface area contributed by atoms with E-state index in [4.69, 9.17) is 9.72 Å². The van der Waals surface area contributed by atoms with Gasteiger partial charge < -0.3 is 9.30 Å². The fraction of sp³-hybridized carbons (Fsp3) is 0.296. The molecule has 1 aliphatic rings. The third-order valence-electron chi connectivity index (χ3n) is 6.54. The number of amides is 1. The van der Waals surface area contributed by atoms with Gasteiger partial charge in [0.2, 0.25) is 0 Å². The van der Waals surface area contributed by atoms with Crippen LogP contribution in [0, 0.1) is 11.6 Å². The number of hydrogen-bond acceptors (Lipinski definition) is 5. The number of pyridine rings is 2. The summed E-state index contributed by atoms with van der Waals surface area (Å²) in [6.45, 7) is 1.70. The summed E-state index contributed by atoms with van der Waals surface area (Å²) in [5.41, 5.74) is 0.00874. The average molecular weight is 507 g/mol. The third kappa shape index (κ3) is 4.54. The molecule has 0 bridgehead atoms. The fourth-order valence-electron chi connectivity index (χ4n) is 4.79. The highest BCUT2D eigenvalue weighted by molar-refractivity contribution is 5.97. The number of hydrogen-bond donors (Lipinski definition) is 0. The number of nitrogens with zero attached hydrogens (tertiary/aromatic N) is 4. The van der Waals surface area contributed by atoms with Crippen LogP contribution in [0.25, 0.3) is 16.7 Å². The molecular formula is C27H24F2N4O4. The van der Waals surface area contributed by atoms with E-state index in [2.05, 4.69) is 4.99 Å². The second-order valence-corrected chi connectivity index (χ2v) is 8.89. The lowest BCUT2D eigenvalue weighted by molar-refractivity contribution is 0.0523. The van der Waals surface area contributed by atoms with E-state index >= 15 is 0 Å². The van der Waals surface area contributed by atoms with Gasteiger partial charge in [0.25, 0.3) is 11.5 Å². The highest BCUT2D eigenvalue weighted by atomic mass is 19.2. The Bertz CT molecular complexity index is 1670. The number of halogens is 2. The first-order valence-electron chi connectivity index (χ1n) is 12.2. The number of fused-ring (bicyclic) bond motifs is 2. The van der Waals surface area contributed by atoms with Gasteiger partial charge in [0.15, 0.2) is 17.1 Å². The third-order valence-corrected chi connectivity index (χ3v) is 6.54. The van der Waals surface area contributed by atoms with Gasteiger partial charge in [0, 0.05) is 17.8 Å². The monoisotopic (exact) mass is 506 g/mol. The maximum Gasteiger partial charge on any atom is 0.341 e. The number of esters is 1. The molecule has 0 radical (unpaired) electrons. The summed E-state index contributed by atoms with van der Waals surface area (Å²) >= 11 is 0. The molecule has 1 aromatic carbocycles. The van der Waals surface area contributed by atoms with Crippen LogP contribution in [-0.2, 0) is 4.74 Å². The molecule has 0 unspecified atom stereocenters. The van der Waals surface area contributed by atoms with Crippen LogP contribution in [0.5, 0.6) is 0 Å². The van der Waals surface area contributed by atoms with Crippen LogP contribution in [0.4, 0.5) is 8.78 Å². The summed E-state index contributed by atoms with van der Waals surface area (Å²) in [5.74, 6) is -3.91.